The van der Waals surface area contributed by atoms with E-state index in [2.05, 4.69) is 0 Å². The molecule has 2 aromatic rings. The van der Waals surface area contributed by atoms with Crippen molar-refractivity contribution in [1.82, 2.24) is 0 Å². The minimum Gasteiger partial charge on any atom is -0.493 e. The van der Waals surface area contributed by atoms with E-state index in [1.165, 1.54) is 18.4 Å². The molecule has 1 aliphatic carbocycles. The fourth-order valence-corrected chi connectivity index (χ4v) is 5.24. The van der Waals surface area contributed by atoms with Gasteiger partial charge in [-0.05, 0) is 74.3 Å². The molecule has 3 rings (SSSR count). The lowest BCUT2D eigenvalue weighted by molar-refractivity contribution is 0.0606. The van der Waals surface area contributed by atoms with Crippen molar-refractivity contribution in [3.8, 4) is 5.75 Å². The number of alkyl halides is 1. The minimum atomic E-state index is -0.787. The lowest BCUT2D eigenvalue weighted by Gasteiger charge is -2.21. The molecule has 1 saturated carbocycles. The summed E-state index contributed by atoms with van der Waals surface area (Å²) in [6.45, 7) is 0.466. The number of methoxy groups -OCH3 is 1. The minimum absolute atomic E-state index is 0.00491. The van der Waals surface area contributed by atoms with Gasteiger partial charge >= 0.3 is 5.97 Å². The van der Waals surface area contributed by atoms with Crippen molar-refractivity contribution in [3.63, 3.8) is 0 Å². The highest BCUT2D eigenvalue weighted by molar-refractivity contribution is 7.13. The second kappa shape index (κ2) is 9.95. The Kier molecular flexibility index (Phi) is 7.61. The van der Waals surface area contributed by atoms with E-state index in [4.69, 9.17) is 32.7 Å². The Morgan fingerprint density at radius 2 is 1.96 bits per heavy atom. The summed E-state index contributed by atoms with van der Waals surface area (Å²) in [5.41, 5.74) is 0. The summed E-state index contributed by atoms with van der Waals surface area (Å²) < 4.78 is 25.0. The van der Waals surface area contributed by atoms with Crippen molar-refractivity contribution in [3.05, 3.63) is 50.1 Å². The average Bonchev–Trinajstić information content (AvgIpc) is 3.26. The molecule has 0 spiro atoms. The molecule has 3 atom stereocenters. The predicted molar refractivity (Wildman–Crippen MR) is 112 cm³/mol. The van der Waals surface area contributed by atoms with E-state index in [-0.39, 0.29) is 17.8 Å². The zero-order valence-electron chi connectivity index (χ0n) is 15.6. The monoisotopic (exact) mass is 444 g/mol. The fourth-order valence-electron chi connectivity index (χ4n) is 3.77. The first-order chi connectivity index (χ1) is 13.5. The maximum Gasteiger partial charge on any atom is 0.348 e. The third-order valence-corrected chi connectivity index (χ3v) is 6.75. The van der Waals surface area contributed by atoms with Crippen molar-refractivity contribution >= 4 is 40.5 Å². The van der Waals surface area contributed by atoms with E-state index >= 15 is 0 Å². The van der Waals surface area contributed by atoms with Crippen LogP contribution < -0.4 is 4.74 Å². The van der Waals surface area contributed by atoms with Gasteiger partial charge in [-0.15, -0.1) is 11.3 Å². The van der Waals surface area contributed by atoms with Crippen LogP contribution in [0, 0.1) is 11.8 Å². The van der Waals surface area contributed by atoms with Crippen LogP contribution in [0.25, 0.3) is 0 Å². The molecule has 0 radical (unpaired) electrons. The number of rotatable bonds is 8. The Morgan fingerprint density at radius 3 is 2.68 bits per heavy atom. The molecule has 28 heavy (non-hydrogen) atoms. The zero-order chi connectivity index (χ0) is 20.1. The Hall–Kier alpha value is -1.30. The third kappa shape index (κ3) is 5.62. The van der Waals surface area contributed by atoms with Crippen molar-refractivity contribution in [1.29, 1.82) is 0 Å². The molecule has 1 aliphatic rings. The summed E-state index contributed by atoms with van der Waals surface area (Å²) in [6.07, 6.45) is 3.14. The number of thiophene rings is 1. The Bertz CT molecular complexity index is 790. The van der Waals surface area contributed by atoms with Gasteiger partial charge in [0.15, 0.2) is 0 Å². The van der Waals surface area contributed by atoms with Gasteiger partial charge in [-0.2, -0.15) is 0 Å². The Balaban J connectivity index is 1.50. The quantitative estimate of drug-likeness (QED) is 0.429. The van der Waals surface area contributed by atoms with Crippen LogP contribution in [-0.4, -0.2) is 25.9 Å². The molecule has 1 aromatic carbocycles. The SMILES string of the molecule is COC(=O)c1ccc(CCCC2[C@@H](COc3cc(Cl)cc(Cl)c3)CC[C@H]2F)s1. The highest BCUT2D eigenvalue weighted by Gasteiger charge is 2.36. The van der Waals surface area contributed by atoms with Gasteiger partial charge in [0.05, 0.1) is 13.7 Å². The summed E-state index contributed by atoms with van der Waals surface area (Å²) in [5, 5.41) is 1.05. The fraction of sp³-hybridized carbons (Fsp3) is 0.476. The average molecular weight is 445 g/mol. The van der Waals surface area contributed by atoms with Crippen molar-refractivity contribution < 1.29 is 18.7 Å². The first-order valence-electron chi connectivity index (χ1n) is 9.36. The predicted octanol–water partition coefficient (Wildman–Crippen LogP) is 6.61. The maximum atomic E-state index is 14.4. The largest absolute Gasteiger partial charge is 0.493 e. The normalized spacial score (nSPS) is 21.6. The lowest BCUT2D eigenvalue weighted by Crippen LogP contribution is -2.21. The number of benzene rings is 1. The van der Waals surface area contributed by atoms with Crippen LogP contribution in [0.3, 0.4) is 0 Å². The number of carbonyl (C=O) groups is 1. The highest BCUT2D eigenvalue weighted by atomic mass is 35.5. The van der Waals surface area contributed by atoms with Crippen LogP contribution in [0.15, 0.2) is 30.3 Å². The van der Waals surface area contributed by atoms with Gasteiger partial charge in [-0.3, -0.25) is 0 Å². The second-order valence-electron chi connectivity index (χ2n) is 7.08. The molecular weight excluding hydrogens is 422 g/mol. The van der Waals surface area contributed by atoms with E-state index in [1.807, 2.05) is 6.07 Å². The first-order valence-corrected chi connectivity index (χ1v) is 10.9. The van der Waals surface area contributed by atoms with Gasteiger partial charge in [-0.1, -0.05) is 23.2 Å². The van der Waals surface area contributed by atoms with Gasteiger partial charge in [-0.25, -0.2) is 9.18 Å². The van der Waals surface area contributed by atoms with Crippen molar-refractivity contribution in [2.24, 2.45) is 11.8 Å². The summed E-state index contributed by atoms with van der Waals surface area (Å²) >= 11 is 13.4. The molecule has 7 heteroatoms. The summed E-state index contributed by atoms with van der Waals surface area (Å²) in [5.74, 6) is 0.484. The molecular formula is C21H23Cl2FO3S. The van der Waals surface area contributed by atoms with Gasteiger partial charge in [0, 0.05) is 14.9 Å². The molecule has 1 heterocycles. The van der Waals surface area contributed by atoms with E-state index in [0.717, 1.165) is 30.6 Å². The molecule has 3 nitrogen and oxygen atoms in total. The number of carbonyl (C=O) groups excluding carboxylic acids is 1. The standard InChI is InChI=1S/C21H23Cl2FO3S/c1-26-21(25)20-8-6-17(28-20)3-2-4-18-13(5-7-19(18)24)12-27-16-10-14(22)9-15(23)11-16/h6,8-11,13,18-19H,2-5,7,12H2,1H3/t13-,18?,19-/m1/s1. The van der Waals surface area contributed by atoms with Crippen LogP contribution in [-0.2, 0) is 11.2 Å². The van der Waals surface area contributed by atoms with E-state index < -0.39 is 6.17 Å². The number of halogens is 3. The zero-order valence-corrected chi connectivity index (χ0v) is 18.0. The maximum absolute atomic E-state index is 14.4. The van der Waals surface area contributed by atoms with Crippen LogP contribution >= 0.6 is 34.5 Å². The molecule has 0 bridgehead atoms. The smallest absolute Gasteiger partial charge is 0.348 e. The number of hydrogen-bond acceptors (Lipinski definition) is 4. The molecule has 0 saturated heterocycles. The van der Waals surface area contributed by atoms with Gasteiger partial charge < -0.3 is 9.47 Å². The molecule has 152 valence electrons. The molecule has 1 aromatic heterocycles. The van der Waals surface area contributed by atoms with E-state index in [9.17, 15) is 9.18 Å². The topological polar surface area (TPSA) is 35.5 Å². The first kappa shape index (κ1) is 21.4. The number of hydrogen-bond donors (Lipinski definition) is 0. The van der Waals surface area contributed by atoms with Crippen LogP contribution in [0.1, 0.15) is 40.2 Å². The second-order valence-corrected chi connectivity index (χ2v) is 9.12. The molecule has 0 aliphatic heterocycles. The van der Waals surface area contributed by atoms with Crippen LogP contribution in [0.5, 0.6) is 5.75 Å². The van der Waals surface area contributed by atoms with Crippen LogP contribution in [0.4, 0.5) is 4.39 Å². The Labute approximate surface area is 178 Å². The number of aryl methyl sites for hydroxylation is 1. The van der Waals surface area contributed by atoms with Gasteiger partial charge in [0.25, 0.3) is 0 Å². The summed E-state index contributed by atoms with van der Waals surface area (Å²) in [7, 11) is 1.38. The Morgan fingerprint density at radius 1 is 1.21 bits per heavy atom. The molecule has 0 amide bonds. The number of ether oxygens (including phenoxy) is 2. The van der Waals surface area contributed by atoms with Gasteiger partial charge in [0.1, 0.15) is 16.8 Å². The van der Waals surface area contributed by atoms with E-state index in [1.54, 1.807) is 24.3 Å². The number of esters is 1. The highest BCUT2D eigenvalue weighted by Crippen LogP contribution is 2.38. The lowest BCUT2D eigenvalue weighted by atomic mass is 9.90. The van der Waals surface area contributed by atoms with Crippen LogP contribution in [0.2, 0.25) is 10.0 Å². The molecule has 0 N–H and O–H groups in total. The van der Waals surface area contributed by atoms with Gasteiger partial charge in [0.2, 0.25) is 0 Å². The molecule has 1 unspecified atom stereocenters. The summed E-state index contributed by atoms with van der Waals surface area (Å²) in [4.78, 5) is 13.3. The van der Waals surface area contributed by atoms with Crippen molar-refractivity contribution in [2.45, 2.75) is 38.3 Å². The summed E-state index contributed by atoms with van der Waals surface area (Å²) in [6, 6.07) is 8.83. The van der Waals surface area contributed by atoms with E-state index in [0.29, 0.717) is 33.7 Å². The third-order valence-electron chi connectivity index (χ3n) is 5.19. The molecule has 1 fully saturated rings. The van der Waals surface area contributed by atoms with Crippen molar-refractivity contribution in [2.75, 3.05) is 13.7 Å².